The molecule has 0 aliphatic carbocycles. The van der Waals surface area contributed by atoms with Crippen molar-refractivity contribution in [1.29, 1.82) is 0 Å². The van der Waals surface area contributed by atoms with Gasteiger partial charge in [0.25, 0.3) is 0 Å². The molecular formula is C22H28N4O3. The third-order valence-electron chi connectivity index (χ3n) is 5.53. The molecule has 154 valence electrons. The lowest BCUT2D eigenvalue weighted by molar-refractivity contribution is 0.0501. The molecule has 0 unspecified atom stereocenters. The number of hydrogen-bond donors (Lipinski definition) is 1. The SMILES string of the molecule is CCOc1ccc(CN2CCN(Cc3cccc4nonc34)C[C@@H]2CCO)cc1. The Morgan fingerprint density at radius 1 is 1.10 bits per heavy atom. The molecule has 0 amide bonds. The molecule has 1 fully saturated rings. The molecule has 7 nitrogen and oxygen atoms in total. The van der Waals surface area contributed by atoms with Crippen LogP contribution in [0.2, 0.25) is 0 Å². The zero-order chi connectivity index (χ0) is 20.1. The van der Waals surface area contributed by atoms with Crippen molar-refractivity contribution in [1.82, 2.24) is 20.1 Å². The van der Waals surface area contributed by atoms with Crippen LogP contribution in [0.4, 0.5) is 0 Å². The molecule has 3 aromatic rings. The van der Waals surface area contributed by atoms with Crippen molar-refractivity contribution in [3.05, 3.63) is 53.6 Å². The maximum Gasteiger partial charge on any atom is 0.139 e. The van der Waals surface area contributed by atoms with E-state index in [2.05, 4.69) is 38.3 Å². The molecule has 0 bridgehead atoms. The Morgan fingerprint density at radius 2 is 1.97 bits per heavy atom. The second-order valence-corrected chi connectivity index (χ2v) is 7.50. The van der Waals surface area contributed by atoms with Crippen molar-refractivity contribution < 1.29 is 14.5 Å². The number of fused-ring (bicyclic) bond motifs is 1. The number of aromatic nitrogens is 2. The number of piperazine rings is 1. The van der Waals surface area contributed by atoms with Gasteiger partial charge in [-0.25, -0.2) is 4.63 Å². The molecule has 1 aromatic heterocycles. The number of rotatable bonds is 8. The lowest BCUT2D eigenvalue weighted by atomic mass is 10.1. The summed E-state index contributed by atoms with van der Waals surface area (Å²) in [4.78, 5) is 4.90. The fraction of sp³-hybridized carbons (Fsp3) is 0.455. The van der Waals surface area contributed by atoms with E-state index in [4.69, 9.17) is 9.37 Å². The Bertz CT molecular complexity index is 912. The van der Waals surface area contributed by atoms with Gasteiger partial charge in [-0.05, 0) is 53.0 Å². The predicted octanol–water partition coefficient (Wildman–Crippen LogP) is 2.69. The molecule has 1 N–H and O–H groups in total. The zero-order valence-electron chi connectivity index (χ0n) is 16.8. The van der Waals surface area contributed by atoms with E-state index in [-0.39, 0.29) is 6.61 Å². The van der Waals surface area contributed by atoms with Crippen LogP contribution < -0.4 is 4.74 Å². The van der Waals surface area contributed by atoms with Crippen LogP contribution in [0, 0.1) is 0 Å². The zero-order valence-corrected chi connectivity index (χ0v) is 16.8. The van der Waals surface area contributed by atoms with Gasteiger partial charge in [-0.1, -0.05) is 24.3 Å². The maximum absolute atomic E-state index is 9.59. The van der Waals surface area contributed by atoms with Gasteiger partial charge in [-0.3, -0.25) is 9.80 Å². The first-order chi connectivity index (χ1) is 14.3. The Kier molecular flexibility index (Phi) is 6.39. The molecule has 2 heterocycles. The van der Waals surface area contributed by atoms with Gasteiger partial charge in [0.1, 0.15) is 16.8 Å². The Labute approximate surface area is 170 Å². The number of ether oxygens (including phenoxy) is 1. The minimum atomic E-state index is 0.196. The van der Waals surface area contributed by atoms with Gasteiger partial charge in [0.05, 0.1) is 6.61 Å². The van der Waals surface area contributed by atoms with Crippen molar-refractivity contribution in [3.63, 3.8) is 0 Å². The second kappa shape index (κ2) is 9.35. The van der Waals surface area contributed by atoms with E-state index in [0.717, 1.165) is 61.5 Å². The predicted molar refractivity (Wildman–Crippen MR) is 111 cm³/mol. The van der Waals surface area contributed by atoms with E-state index >= 15 is 0 Å². The van der Waals surface area contributed by atoms with Crippen molar-refractivity contribution in [2.24, 2.45) is 0 Å². The van der Waals surface area contributed by atoms with Crippen LogP contribution in [0.15, 0.2) is 47.1 Å². The average molecular weight is 396 g/mol. The molecule has 0 saturated carbocycles. The third kappa shape index (κ3) is 4.75. The van der Waals surface area contributed by atoms with Gasteiger partial charge in [-0.15, -0.1) is 0 Å². The molecule has 2 aromatic carbocycles. The first-order valence-electron chi connectivity index (χ1n) is 10.3. The van der Waals surface area contributed by atoms with Crippen LogP contribution in [0.5, 0.6) is 5.75 Å². The first-order valence-corrected chi connectivity index (χ1v) is 10.3. The highest BCUT2D eigenvalue weighted by Crippen LogP contribution is 2.22. The quantitative estimate of drug-likeness (QED) is 0.627. The fourth-order valence-electron chi connectivity index (χ4n) is 4.05. The van der Waals surface area contributed by atoms with Crippen LogP contribution in [0.3, 0.4) is 0 Å². The molecule has 4 rings (SSSR count). The van der Waals surface area contributed by atoms with Gasteiger partial charge >= 0.3 is 0 Å². The van der Waals surface area contributed by atoms with Crippen molar-refractivity contribution in [3.8, 4) is 5.75 Å². The molecule has 7 heteroatoms. The number of benzene rings is 2. The van der Waals surface area contributed by atoms with E-state index in [1.165, 1.54) is 5.56 Å². The lowest BCUT2D eigenvalue weighted by Gasteiger charge is -2.41. The minimum absolute atomic E-state index is 0.196. The van der Waals surface area contributed by atoms with Crippen LogP contribution in [-0.2, 0) is 13.1 Å². The molecular weight excluding hydrogens is 368 g/mol. The normalized spacial score (nSPS) is 18.3. The smallest absolute Gasteiger partial charge is 0.139 e. The van der Waals surface area contributed by atoms with Gasteiger partial charge in [-0.2, -0.15) is 0 Å². The van der Waals surface area contributed by atoms with Gasteiger partial charge in [0.15, 0.2) is 0 Å². The first kappa shape index (κ1) is 19.8. The number of aliphatic hydroxyl groups excluding tert-OH is 1. The van der Waals surface area contributed by atoms with Gasteiger partial charge in [0.2, 0.25) is 0 Å². The van der Waals surface area contributed by atoms with Crippen molar-refractivity contribution in [2.45, 2.75) is 32.5 Å². The monoisotopic (exact) mass is 396 g/mol. The molecule has 1 atom stereocenters. The summed E-state index contributed by atoms with van der Waals surface area (Å²) < 4.78 is 10.4. The molecule has 0 radical (unpaired) electrons. The number of hydrogen-bond acceptors (Lipinski definition) is 7. The van der Waals surface area contributed by atoms with Gasteiger partial charge < -0.3 is 9.84 Å². The summed E-state index contributed by atoms with van der Waals surface area (Å²) in [5.74, 6) is 0.907. The summed E-state index contributed by atoms with van der Waals surface area (Å²) in [5, 5.41) is 17.6. The number of aliphatic hydroxyl groups is 1. The summed E-state index contributed by atoms with van der Waals surface area (Å²) in [6.07, 6.45) is 0.767. The number of nitrogens with zero attached hydrogens (tertiary/aromatic N) is 4. The summed E-state index contributed by atoms with van der Waals surface area (Å²) >= 11 is 0. The maximum atomic E-state index is 9.59. The molecule has 1 saturated heterocycles. The Morgan fingerprint density at radius 3 is 2.76 bits per heavy atom. The highest BCUT2D eigenvalue weighted by atomic mass is 16.6. The summed E-state index contributed by atoms with van der Waals surface area (Å²) in [5.41, 5.74) is 4.03. The summed E-state index contributed by atoms with van der Waals surface area (Å²) in [6.45, 7) is 7.41. The highest BCUT2D eigenvalue weighted by molar-refractivity contribution is 5.76. The minimum Gasteiger partial charge on any atom is -0.494 e. The van der Waals surface area contributed by atoms with Crippen molar-refractivity contribution in [2.75, 3.05) is 32.8 Å². The van der Waals surface area contributed by atoms with E-state index in [1.54, 1.807) is 0 Å². The summed E-state index contributed by atoms with van der Waals surface area (Å²) in [7, 11) is 0. The van der Waals surface area contributed by atoms with E-state index in [1.807, 2.05) is 31.2 Å². The van der Waals surface area contributed by atoms with E-state index in [0.29, 0.717) is 12.6 Å². The molecule has 1 aliphatic rings. The largest absolute Gasteiger partial charge is 0.494 e. The average Bonchev–Trinajstić information content (AvgIpc) is 3.22. The molecule has 29 heavy (non-hydrogen) atoms. The highest BCUT2D eigenvalue weighted by Gasteiger charge is 2.27. The van der Waals surface area contributed by atoms with E-state index < -0.39 is 0 Å². The second-order valence-electron chi connectivity index (χ2n) is 7.50. The van der Waals surface area contributed by atoms with E-state index in [9.17, 15) is 5.11 Å². The molecule has 1 aliphatic heterocycles. The summed E-state index contributed by atoms with van der Waals surface area (Å²) in [6, 6.07) is 14.6. The fourth-order valence-corrected chi connectivity index (χ4v) is 4.05. The van der Waals surface area contributed by atoms with Crippen molar-refractivity contribution >= 4 is 11.0 Å². The van der Waals surface area contributed by atoms with Gasteiger partial charge in [0, 0.05) is 45.4 Å². The van der Waals surface area contributed by atoms with Crippen LogP contribution in [0.1, 0.15) is 24.5 Å². The topological polar surface area (TPSA) is 74.9 Å². The Hall–Kier alpha value is -2.48. The van der Waals surface area contributed by atoms with Crippen LogP contribution in [0.25, 0.3) is 11.0 Å². The molecule has 0 spiro atoms. The Balaban J connectivity index is 1.41. The van der Waals surface area contributed by atoms with Crippen LogP contribution >= 0.6 is 0 Å². The lowest BCUT2D eigenvalue weighted by Crippen LogP contribution is -2.52. The van der Waals surface area contributed by atoms with Crippen LogP contribution in [-0.4, -0.2) is 64.1 Å². The third-order valence-corrected chi connectivity index (χ3v) is 5.53. The standard InChI is InChI=1S/C22H28N4O3/c1-2-28-20-8-6-17(7-9-20)14-26-12-11-25(16-19(26)10-13-27)15-18-4-3-5-21-22(18)24-29-23-21/h3-9,19,27H,2,10-16H2,1H3/t19-/m0/s1.